The molecule has 0 unspecified atom stereocenters. The molecule has 1 atom stereocenters. The molecule has 1 aliphatic heterocycles. The van der Waals surface area contributed by atoms with Gasteiger partial charge in [0.05, 0.1) is 29.6 Å². The monoisotopic (exact) mass is 560 g/mol. The molecule has 2 N–H and O–H groups in total. The van der Waals surface area contributed by atoms with E-state index in [0.717, 1.165) is 0 Å². The number of hydrazone groups is 1. The Morgan fingerprint density at radius 2 is 1.94 bits per heavy atom. The van der Waals surface area contributed by atoms with Crippen LogP contribution in [0.1, 0.15) is 32.8 Å². The summed E-state index contributed by atoms with van der Waals surface area (Å²) in [5, 5.41) is 6.41. The van der Waals surface area contributed by atoms with Crippen LogP contribution in [0.3, 0.4) is 0 Å². The van der Waals surface area contributed by atoms with E-state index in [9.17, 15) is 14.4 Å². The molecule has 0 saturated carbocycles. The lowest BCUT2D eigenvalue weighted by atomic mass is 10.2. The summed E-state index contributed by atoms with van der Waals surface area (Å²) in [5.74, 6) is -0.784. The molecule has 0 aromatic heterocycles. The number of hydrogen-bond acceptors (Lipinski definition) is 7. The number of benzene rings is 1. The van der Waals surface area contributed by atoms with E-state index in [-0.39, 0.29) is 18.6 Å². The molecule has 1 fully saturated rings. The summed E-state index contributed by atoms with van der Waals surface area (Å²) in [5.41, 5.74) is 2.84. The normalized spacial score (nSPS) is 14.7. The van der Waals surface area contributed by atoms with Gasteiger partial charge >= 0.3 is 11.8 Å². The third kappa shape index (κ3) is 7.93. The highest BCUT2D eigenvalue weighted by Gasteiger charge is 2.19. The van der Waals surface area contributed by atoms with Crippen molar-refractivity contribution >= 4 is 46.5 Å². The number of carbonyl (C=O) groups is 3. The van der Waals surface area contributed by atoms with Crippen LogP contribution >= 0.6 is 22.6 Å². The summed E-state index contributed by atoms with van der Waals surface area (Å²) in [7, 11) is 0. The van der Waals surface area contributed by atoms with Gasteiger partial charge in [-0.2, -0.15) is 5.10 Å². The van der Waals surface area contributed by atoms with Gasteiger partial charge in [-0.1, -0.05) is 6.92 Å². The van der Waals surface area contributed by atoms with E-state index in [4.69, 9.17) is 14.2 Å². The number of carbonyl (C=O) groups excluding carboxylic acids is 3. The van der Waals surface area contributed by atoms with Crippen molar-refractivity contribution < 1.29 is 28.6 Å². The Hall–Kier alpha value is -2.41. The Labute approximate surface area is 201 Å². The summed E-state index contributed by atoms with van der Waals surface area (Å²) in [6.07, 6.45) is 2.12. The minimum atomic E-state index is -0.845. The van der Waals surface area contributed by atoms with E-state index in [2.05, 4.69) is 38.4 Å². The first kappa shape index (κ1) is 25.8. The molecule has 1 aliphatic rings. The summed E-state index contributed by atoms with van der Waals surface area (Å²) in [4.78, 5) is 37.7. The lowest BCUT2D eigenvalue weighted by Gasteiger charge is -2.27. The van der Waals surface area contributed by atoms with Crippen LogP contribution in [-0.4, -0.2) is 74.4 Å². The minimum Gasteiger partial charge on any atom is -0.490 e. The Balaban J connectivity index is 2.02. The largest absolute Gasteiger partial charge is 0.490 e. The summed E-state index contributed by atoms with van der Waals surface area (Å²) in [6.45, 7) is 8.00. The lowest BCUT2D eigenvalue weighted by molar-refractivity contribution is -0.139. The average molecular weight is 560 g/mol. The summed E-state index contributed by atoms with van der Waals surface area (Å²) in [6, 6.07) is 3.36. The van der Waals surface area contributed by atoms with Crippen LogP contribution in [0, 0.1) is 3.57 Å². The lowest BCUT2D eigenvalue weighted by Crippen LogP contribution is -2.43. The van der Waals surface area contributed by atoms with Crippen LogP contribution in [0.2, 0.25) is 0 Å². The first-order valence-corrected chi connectivity index (χ1v) is 11.5. The van der Waals surface area contributed by atoms with Crippen molar-refractivity contribution in [2.75, 3.05) is 39.5 Å². The van der Waals surface area contributed by atoms with Gasteiger partial charge in [0.2, 0.25) is 0 Å². The van der Waals surface area contributed by atoms with E-state index in [1.54, 1.807) is 17.0 Å². The number of nitrogens with one attached hydrogen (secondary N) is 2. The number of hydrogen-bond donors (Lipinski definition) is 2. The molecule has 0 radical (unpaired) electrons. The van der Waals surface area contributed by atoms with Crippen LogP contribution in [-0.2, 0) is 19.1 Å². The zero-order valence-electron chi connectivity index (χ0n) is 18.5. The Bertz CT molecular complexity index is 842. The molecular formula is C21H29IN4O6. The molecule has 1 aromatic rings. The molecule has 2 rings (SSSR count). The molecule has 1 saturated heterocycles. The van der Waals surface area contributed by atoms with Crippen LogP contribution in [0.15, 0.2) is 17.2 Å². The second kappa shape index (κ2) is 13.2. The SMILES string of the molecule is CCOc1cc(/C=N\NC(=O)C(=O)N[C@H](C)CC)cc(I)c1OCC(=O)N1CCOCC1. The number of rotatable bonds is 9. The van der Waals surface area contributed by atoms with E-state index in [1.165, 1.54) is 6.21 Å². The Morgan fingerprint density at radius 3 is 2.59 bits per heavy atom. The third-order valence-electron chi connectivity index (χ3n) is 4.61. The van der Waals surface area contributed by atoms with Gasteiger partial charge in [-0.3, -0.25) is 14.4 Å². The zero-order chi connectivity index (χ0) is 23.5. The van der Waals surface area contributed by atoms with Crippen molar-refractivity contribution in [3.05, 3.63) is 21.3 Å². The van der Waals surface area contributed by atoms with Gasteiger partial charge in [0.25, 0.3) is 5.91 Å². The maximum Gasteiger partial charge on any atom is 0.329 e. The van der Waals surface area contributed by atoms with Crippen molar-refractivity contribution in [3.63, 3.8) is 0 Å². The third-order valence-corrected chi connectivity index (χ3v) is 5.41. The predicted molar refractivity (Wildman–Crippen MR) is 127 cm³/mol. The van der Waals surface area contributed by atoms with E-state index < -0.39 is 11.8 Å². The van der Waals surface area contributed by atoms with Gasteiger partial charge in [0.1, 0.15) is 0 Å². The van der Waals surface area contributed by atoms with E-state index >= 15 is 0 Å². The molecule has 3 amide bonds. The fourth-order valence-electron chi connectivity index (χ4n) is 2.71. The summed E-state index contributed by atoms with van der Waals surface area (Å²) >= 11 is 2.08. The quantitative estimate of drug-likeness (QED) is 0.204. The van der Waals surface area contributed by atoms with Gasteiger partial charge in [0, 0.05) is 19.1 Å². The van der Waals surface area contributed by atoms with Gasteiger partial charge in [-0.15, -0.1) is 0 Å². The van der Waals surface area contributed by atoms with E-state index in [1.807, 2.05) is 20.8 Å². The molecule has 0 spiro atoms. The standard InChI is InChI=1S/C21H29IN4O6/c1-4-14(3)24-20(28)21(29)25-23-12-15-10-16(22)19(17(11-15)31-5-2)32-13-18(27)26-6-8-30-9-7-26/h10-12,14H,4-9,13H2,1-3H3,(H,24,28)(H,25,29)/b23-12-/t14-/m1/s1. The maximum absolute atomic E-state index is 12.4. The molecular weight excluding hydrogens is 531 g/mol. The zero-order valence-corrected chi connectivity index (χ0v) is 20.6. The second-order valence-corrected chi connectivity index (χ2v) is 8.19. The molecule has 1 aromatic carbocycles. The average Bonchev–Trinajstić information content (AvgIpc) is 2.78. The smallest absolute Gasteiger partial charge is 0.329 e. The Kier molecular flexibility index (Phi) is 10.7. The molecule has 0 bridgehead atoms. The van der Waals surface area contributed by atoms with Crippen LogP contribution in [0.5, 0.6) is 11.5 Å². The molecule has 176 valence electrons. The van der Waals surface area contributed by atoms with Gasteiger partial charge in [-0.25, -0.2) is 5.43 Å². The summed E-state index contributed by atoms with van der Waals surface area (Å²) < 4.78 is 17.4. The van der Waals surface area contributed by atoms with Crippen molar-refractivity contribution in [2.24, 2.45) is 5.10 Å². The topological polar surface area (TPSA) is 119 Å². The van der Waals surface area contributed by atoms with Crippen molar-refractivity contribution in [1.82, 2.24) is 15.6 Å². The highest BCUT2D eigenvalue weighted by atomic mass is 127. The molecule has 0 aliphatic carbocycles. The van der Waals surface area contributed by atoms with Gasteiger partial charge < -0.3 is 24.4 Å². The van der Waals surface area contributed by atoms with E-state index in [0.29, 0.717) is 60.0 Å². The van der Waals surface area contributed by atoms with Gasteiger partial charge in [0.15, 0.2) is 18.1 Å². The first-order chi connectivity index (χ1) is 15.3. The van der Waals surface area contributed by atoms with Gasteiger partial charge in [-0.05, 0) is 60.6 Å². The predicted octanol–water partition coefficient (Wildman–Crippen LogP) is 1.29. The fraction of sp³-hybridized carbons (Fsp3) is 0.524. The van der Waals surface area contributed by atoms with Crippen LogP contribution < -0.4 is 20.2 Å². The number of nitrogens with zero attached hydrogens (tertiary/aromatic N) is 2. The molecule has 1 heterocycles. The molecule has 10 nitrogen and oxygen atoms in total. The number of halogens is 1. The highest BCUT2D eigenvalue weighted by Crippen LogP contribution is 2.34. The van der Waals surface area contributed by atoms with Crippen molar-refractivity contribution in [2.45, 2.75) is 33.2 Å². The Morgan fingerprint density at radius 1 is 1.22 bits per heavy atom. The van der Waals surface area contributed by atoms with Crippen molar-refractivity contribution in [3.8, 4) is 11.5 Å². The van der Waals surface area contributed by atoms with Crippen LogP contribution in [0.4, 0.5) is 0 Å². The maximum atomic E-state index is 12.4. The van der Waals surface area contributed by atoms with Crippen LogP contribution in [0.25, 0.3) is 0 Å². The fourth-order valence-corrected chi connectivity index (χ4v) is 3.49. The number of morpholine rings is 1. The number of ether oxygens (including phenoxy) is 3. The second-order valence-electron chi connectivity index (χ2n) is 7.03. The van der Waals surface area contributed by atoms with Crippen molar-refractivity contribution in [1.29, 1.82) is 0 Å². The minimum absolute atomic E-state index is 0.102. The molecule has 32 heavy (non-hydrogen) atoms. The highest BCUT2D eigenvalue weighted by molar-refractivity contribution is 14.1. The number of amides is 3. The molecule has 11 heteroatoms. The first-order valence-electron chi connectivity index (χ1n) is 10.4.